The van der Waals surface area contributed by atoms with Crippen molar-refractivity contribution in [2.75, 3.05) is 0 Å². The van der Waals surface area contributed by atoms with Crippen molar-refractivity contribution in [3.8, 4) is 0 Å². The molecule has 4 rings (SSSR count). The van der Waals surface area contributed by atoms with E-state index in [-0.39, 0.29) is 5.56 Å². The normalized spacial score (nSPS) is 20.8. The highest BCUT2D eigenvalue weighted by atomic mass is 32.1. The first-order valence-electron chi connectivity index (χ1n) is 8.27. The summed E-state index contributed by atoms with van der Waals surface area (Å²) >= 11 is 1.81. The Morgan fingerprint density at radius 2 is 2.14 bits per heavy atom. The lowest BCUT2D eigenvalue weighted by Gasteiger charge is -2.27. The zero-order valence-corrected chi connectivity index (χ0v) is 13.6. The summed E-state index contributed by atoms with van der Waals surface area (Å²) in [6.45, 7) is 1.90. The minimum atomic E-state index is 0.190. The predicted molar refractivity (Wildman–Crippen MR) is 90.4 cm³/mol. The zero-order chi connectivity index (χ0) is 14.9. The third-order valence-corrected chi connectivity index (χ3v) is 5.74. The number of aromatic nitrogens is 1. The zero-order valence-electron chi connectivity index (χ0n) is 12.8. The van der Waals surface area contributed by atoms with Crippen LogP contribution in [0.25, 0.3) is 0 Å². The Bertz CT molecular complexity index is 700. The van der Waals surface area contributed by atoms with E-state index in [2.05, 4.69) is 33.5 Å². The molecule has 0 saturated heterocycles. The number of thiophene rings is 1. The summed E-state index contributed by atoms with van der Waals surface area (Å²) in [5.74, 6) is 0.749. The number of pyridine rings is 1. The average Bonchev–Trinajstić information content (AvgIpc) is 3.20. The lowest BCUT2D eigenvalue weighted by atomic mass is 9.91. The fourth-order valence-electron chi connectivity index (χ4n) is 3.42. The van der Waals surface area contributed by atoms with Crippen LogP contribution < -0.4 is 10.9 Å². The predicted octanol–water partition coefficient (Wildman–Crippen LogP) is 2.97. The molecule has 0 aromatic carbocycles. The quantitative estimate of drug-likeness (QED) is 0.920. The minimum Gasteiger partial charge on any atom is -0.312 e. The van der Waals surface area contributed by atoms with Gasteiger partial charge in [-0.1, -0.05) is 12.1 Å². The molecule has 116 valence electrons. The molecular weight excluding hydrogens is 292 g/mol. The van der Waals surface area contributed by atoms with Gasteiger partial charge < -0.3 is 9.88 Å². The Kier molecular flexibility index (Phi) is 3.89. The van der Waals surface area contributed by atoms with E-state index in [4.69, 9.17) is 0 Å². The van der Waals surface area contributed by atoms with Crippen molar-refractivity contribution in [2.45, 2.75) is 51.2 Å². The fourth-order valence-corrected chi connectivity index (χ4v) is 4.07. The van der Waals surface area contributed by atoms with Gasteiger partial charge in [-0.2, -0.15) is 0 Å². The smallest absolute Gasteiger partial charge is 0.250 e. The first kappa shape index (κ1) is 14.2. The van der Waals surface area contributed by atoms with E-state index in [1.54, 1.807) is 6.07 Å². The Balaban J connectivity index is 1.47. The topological polar surface area (TPSA) is 34.0 Å². The molecule has 4 heteroatoms. The molecule has 1 N–H and O–H groups in total. The molecule has 2 heterocycles. The molecule has 2 aliphatic rings. The SMILES string of the molecule is O=c1ccc2c(n1CC1CC1)CC[C@@H](NCc1cccs1)C2. The third-order valence-electron chi connectivity index (χ3n) is 4.87. The van der Waals surface area contributed by atoms with Gasteiger partial charge in [0, 0.05) is 35.8 Å². The Morgan fingerprint density at radius 3 is 2.91 bits per heavy atom. The molecule has 0 aliphatic heterocycles. The van der Waals surface area contributed by atoms with Crippen molar-refractivity contribution >= 4 is 11.3 Å². The van der Waals surface area contributed by atoms with Gasteiger partial charge in [0.1, 0.15) is 0 Å². The molecule has 2 aromatic heterocycles. The molecule has 22 heavy (non-hydrogen) atoms. The van der Waals surface area contributed by atoms with Gasteiger partial charge in [0.25, 0.3) is 5.56 Å². The number of nitrogens with one attached hydrogen (secondary N) is 1. The van der Waals surface area contributed by atoms with Gasteiger partial charge in [-0.05, 0) is 55.0 Å². The van der Waals surface area contributed by atoms with Crippen molar-refractivity contribution < 1.29 is 0 Å². The van der Waals surface area contributed by atoms with Gasteiger partial charge in [-0.25, -0.2) is 0 Å². The van der Waals surface area contributed by atoms with E-state index < -0.39 is 0 Å². The number of nitrogens with zero attached hydrogens (tertiary/aromatic N) is 1. The molecule has 0 amide bonds. The van der Waals surface area contributed by atoms with Crippen LogP contribution in [-0.4, -0.2) is 10.6 Å². The van der Waals surface area contributed by atoms with Gasteiger partial charge in [-0.15, -0.1) is 11.3 Å². The number of hydrogen-bond donors (Lipinski definition) is 1. The fraction of sp³-hybridized carbons (Fsp3) is 0.500. The Morgan fingerprint density at radius 1 is 1.23 bits per heavy atom. The highest BCUT2D eigenvalue weighted by Gasteiger charge is 2.26. The molecular formula is C18H22N2OS. The van der Waals surface area contributed by atoms with Crippen molar-refractivity contribution in [1.29, 1.82) is 0 Å². The van der Waals surface area contributed by atoms with Crippen LogP contribution in [0.1, 0.15) is 35.4 Å². The van der Waals surface area contributed by atoms with Crippen LogP contribution in [0.2, 0.25) is 0 Å². The van der Waals surface area contributed by atoms with E-state index in [0.717, 1.165) is 38.3 Å². The van der Waals surface area contributed by atoms with E-state index in [1.165, 1.54) is 29.0 Å². The molecule has 0 spiro atoms. The summed E-state index contributed by atoms with van der Waals surface area (Å²) in [6.07, 6.45) is 5.79. The van der Waals surface area contributed by atoms with Gasteiger partial charge in [-0.3, -0.25) is 4.79 Å². The van der Waals surface area contributed by atoms with Crippen LogP contribution in [0.5, 0.6) is 0 Å². The second kappa shape index (κ2) is 6.01. The van der Waals surface area contributed by atoms with Crippen LogP contribution in [0.3, 0.4) is 0 Å². The second-order valence-electron chi connectivity index (χ2n) is 6.60. The highest BCUT2D eigenvalue weighted by molar-refractivity contribution is 7.09. The van der Waals surface area contributed by atoms with Crippen molar-refractivity contribution in [2.24, 2.45) is 5.92 Å². The maximum atomic E-state index is 12.2. The number of fused-ring (bicyclic) bond motifs is 1. The summed E-state index contributed by atoms with van der Waals surface area (Å²) in [4.78, 5) is 13.6. The Labute approximate surface area is 135 Å². The van der Waals surface area contributed by atoms with Crippen LogP contribution in [0.15, 0.2) is 34.4 Å². The summed E-state index contributed by atoms with van der Waals surface area (Å²) in [5, 5.41) is 5.80. The van der Waals surface area contributed by atoms with E-state index in [0.29, 0.717) is 6.04 Å². The first-order chi connectivity index (χ1) is 10.8. The molecule has 0 bridgehead atoms. The first-order valence-corrected chi connectivity index (χ1v) is 9.15. The van der Waals surface area contributed by atoms with Crippen LogP contribution >= 0.6 is 11.3 Å². The van der Waals surface area contributed by atoms with Gasteiger partial charge in [0.15, 0.2) is 0 Å². The van der Waals surface area contributed by atoms with Gasteiger partial charge in [0.2, 0.25) is 0 Å². The summed E-state index contributed by atoms with van der Waals surface area (Å²) in [5.41, 5.74) is 2.86. The molecule has 2 aromatic rings. The summed E-state index contributed by atoms with van der Waals surface area (Å²) < 4.78 is 2.06. The highest BCUT2D eigenvalue weighted by Crippen LogP contribution is 2.31. The van der Waals surface area contributed by atoms with Crippen LogP contribution in [0, 0.1) is 5.92 Å². The molecule has 1 atom stereocenters. The van der Waals surface area contributed by atoms with E-state index in [1.807, 2.05) is 11.3 Å². The molecule has 2 aliphatic carbocycles. The monoisotopic (exact) mass is 314 g/mol. The lowest BCUT2D eigenvalue weighted by Crippen LogP contribution is -2.37. The minimum absolute atomic E-state index is 0.190. The lowest BCUT2D eigenvalue weighted by molar-refractivity contribution is 0.437. The molecule has 1 fully saturated rings. The standard InChI is InChI=1S/C18H22N2OS/c21-18-8-5-14-10-15(19-11-16-2-1-9-22-16)6-7-17(14)20(18)12-13-3-4-13/h1-2,5,8-9,13,15,19H,3-4,6-7,10-12H2/t15-/m1/s1. The van der Waals surface area contributed by atoms with Crippen molar-refractivity contribution in [1.82, 2.24) is 9.88 Å². The number of rotatable bonds is 5. The van der Waals surface area contributed by atoms with Crippen LogP contribution in [-0.2, 0) is 25.9 Å². The summed E-state index contributed by atoms with van der Waals surface area (Å²) in [7, 11) is 0. The molecule has 0 radical (unpaired) electrons. The second-order valence-corrected chi connectivity index (χ2v) is 7.63. The van der Waals surface area contributed by atoms with E-state index in [9.17, 15) is 4.79 Å². The maximum Gasteiger partial charge on any atom is 0.250 e. The summed E-state index contributed by atoms with van der Waals surface area (Å²) in [6, 6.07) is 8.64. The van der Waals surface area contributed by atoms with Crippen LogP contribution in [0.4, 0.5) is 0 Å². The molecule has 1 saturated carbocycles. The van der Waals surface area contributed by atoms with Gasteiger partial charge >= 0.3 is 0 Å². The van der Waals surface area contributed by atoms with Crippen molar-refractivity contribution in [3.05, 3.63) is 56.1 Å². The van der Waals surface area contributed by atoms with Gasteiger partial charge in [0.05, 0.1) is 0 Å². The third kappa shape index (κ3) is 3.03. The maximum absolute atomic E-state index is 12.2. The average molecular weight is 314 g/mol. The molecule has 0 unspecified atom stereocenters. The van der Waals surface area contributed by atoms with E-state index >= 15 is 0 Å². The Hall–Kier alpha value is -1.39. The largest absolute Gasteiger partial charge is 0.312 e. The number of hydrogen-bond acceptors (Lipinski definition) is 3. The van der Waals surface area contributed by atoms with Crippen molar-refractivity contribution in [3.63, 3.8) is 0 Å². The molecule has 3 nitrogen and oxygen atoms in total.